The van der Waals surface area contributed by atoms with Gasteiger partial charge >= 0.3 is 0 Å². The molecule has 0 saturated carbocycles. The Labute approximate surface area is 130 Å². The van der Waals surface area contributed by atoms with E-state index in [2.05, 4.69) is 10.5 Å². The van der Waals surface area contributed by atoms with Gasteiger partial charge in [0.25, 0.3) is 5.91 Å². The van der Waals surface area contributed by atoms with E-state index in [1.807, 2.05) is 19.1 Å². The van der Waals surface area contributed by atoms with Crippen LogP contribution in [0.1, 0.15) is 32.3 Å². The molecule has 0 radical (unpaired) electrons. The standard InChI is InChI=1S/C16H21N3O3/c1-12(14-5-7-15(8-6-14)17-13(2)20)18-22-11-16(21)19-9-3-4-10-19/h5-8H,3-4,9-11H2,1-2H3,(H,17,20)/b18-12+. The van der Waals surface area contributed by atoms with Gasteiger partial charge in [-0.2, -0.15) is 0 Å². The fourth-order valence-corrected chi connectivity index (χ4v) is 2.29. The molecule has 2 rings (SSSR count). The number of likely N-dealkylation sites (tertiary alicyclic amines) is 1. The Morgan fingerprint density at radius 1 is 1.18 bits per heavy atom. The van der Waals surface area contributed by atoms with E-state index in [0.717, 1.165) is 37.2 Å². The molecule has 1 aliphatic rings. The highest BCUT2D eigenvalue weighted by Gasteiger charge is 2.17. The Kier molecular flexibility index (Phi) is 5.52. The smallest absolute Gasteiger partial charge is 0.263 e. The van der Waals surface area contributed by atoms with Crippen molar-refractivity contribution < 1.29 is 14.4 Å². The third-order valence-electron chi connectivity index (χ3n) is 3.47. The predicted molar refractivity (Wildman–Crippen MR) is 84.7 cm³/mol. The molecule has 1 fully saturated rings. The predicted octanol–water partition coefficient (Wildman–Crippen LogP) is 2.01. The SMILES string of the molecule is CC(=O)Nc1ccc(/C(C)=N/OCC(=O)N2CCCC2)cc1. The quantitative estimate of drug-likeness (QED) is 0.668. The highest BCUT2D eigenvalue weighted by Crippen LogP contribution is 2.11. The van der Waals surface area contributed by atoms with E-state index in [-0.39, 0.29) is 18.4 Å². The van der Waals surface area contributed by atoms with Gasteiger partial charge < -0.3 is 15.1 Å². The van der Waals surface area contributed by atoms with Crippen LogP contribution in [0, 0.1) is 0 Å². The average Bonchev–Trinajstić information content (AvgIpc) is 3.01. The molecule has 6 heteroatoms. The van der Waals surface area contributed by atoms with Crippen LogP contribution in [0.25, 0.3) is 0 Å². The molecule has 1 aliphatic heterocycles. The number of hydrogen-bond donors (Lipinski definition) is 1. The summed E-state index contributed by atoms with van der Waals surface area (Å²) in [6.45, 7) is 4.88. The molecule has 118 valence electrons. The van der Waals surface area contributed by atoms with Crippen LogP contribution in [0.2, 0.25) is 0 Å². The number of benzene rings is 1. The molecule has 1 N–H and O–H groups in total. The number of oxime groups is 1. The molecule has 0 aromatic heterocycles. The van der Waals surface area contributed by atoms with Gasteiger partial charge in [0.1, 0.15) is 0 Å². The van der Waals surface area contributed by atoms with Gasteiger partial charge in [0.15, 0.2) is 6.61 Å². The van der Waals surface area contributed by atoms with Gasteiger partial charge in [0.2, 0.25) is 5.91 Å². The number of hydrogen-bond acceptors (Lipinski definition) is 4. The van der Waals surface area contributed by atoms with Crippen LogP contribution in [0.3, 0.4) is 0 Å². The lowest BCUT2D eigenvalue weighted by Crippen LogP contribution is -2.30. The molecular formula is C16H21N3O3. The second-order valence-electron chi connectivity index (χ2n) is 5.30. The third-order valence-corrected chi connectivity index (χ3v) is 3.47. The van der Waals surface area contributed by atoms with Gasteiger partial charge in [-0.15, -0.1) is 0 Å². The van der Waals surface area contributed by atoms with Crippen molar-refractivity contribution in [1.82, 2.24) is 4.90 Å². The fourth-order valence-electron chi connectivity index (χ4n) is 2.29. The van der Waals surface area contributed by atoms with E-state index in [9.17, 15) is 9.59 Å². The summed E-state index contributed by atoms with van der Waals surface area (Å²) in [5.74, 6) is -0.128. The minimum atomic E-state index is -0.109. The van der Waals surface area contributed by atoms with Crippen molar-refractivity contribution in [1.29, 1.82) is 0 Å². The van der Waals surface area contributed by atoms with Crippen molar-refractivity contribution in [2.45, 2.75) is 26.7 Å². The van der Waals surface area contributed by atoms with E-state index in [1.165, 1.54) is 6.92 Å². The highest BCUT2D eigenvalue weighted by molar-refractivity contribution is 5.99. The van der Waals surface area contributed by atoms with Gasteiger partial charge in [0.05, 0.1) is 5.71 Å². The number of carbonyl (C=O) groups excluding carboxylic acids is 2. The molecule has 0 unspecified atom stereocenters. The zero-order valence-electron chi connectivity index (χ0n) is 13.0. The first kappa shape index (κ1) is 16.0. The molecular weight excluding hydrogens is 282 g/mol. The van der Waals surface area contributed by atoms with Gasteiger partial charge in [0, 0.05) is 25.7 Å². The van der Waals surface area contributed by atoms with Crippen LogP contribution in [0.15, 0.2) is 29.4 Å². The number of carbonyl (C=O) groups is 2. The van der Waals surface area contributed by atoms with Gasteiger partial charge in [-0.25, -0.2) is 0 Å². The molecule has 1 aromatic rings. The largest absolute Gasteiger partial charge is 0.385 e. The van der Waals surface area contributed by atoms with Crippen molar-refractivity contribution in [3.05, 3.63) is 29.8 Å². The summed E-state index contributed by atoms with van der Waals surface area (Å²) in [5, 5.41) is 6.68. The third kappa shape index (κ3) is 4.58. The topological polar surface area (TPSA) is 71.0 Å². The normalized spacial score (nSPS) is 14.8. The maximum Gasteiger partial charge on any atom is 0.263 e. The Hall–Kier alpha value is -2.37. The zero-order chi connectivity index (χ0) is 15.9. The van der Waals surface area contributed by atoms with Crippen LogP contribution in [0.5, 0.6) is 0 Å². The molecule has 1 heterocycles. The average molecular weight is 303 g/mol. The van der Waals surface area contributed by atoms with Gasteiger partial charge in [-0.05, 0) is 37.5 Å². The molecule has 0 spiro atoms. The van der Waals surface area contributed by atoms with Crippen LogP contribution >= 0.6 is 0 Å². The summed E-state index contributed by atoms with van der Waals surface area (Å²) in [4.78, 5) is 29.7. The van der Waals surface area contributed by atoms with E-state index in [0.29, 0.717) is 5.71 Å². The number of amides is 2. The van der Waals surface area contributed by atoms with Crippen molar-refractivity contribution in [3.8, 4) is 0 Å². The summed E-state index contributed by atoms with van der Waals surface area (Å²) in [7, 11) is 0. The second kappa shape index (κ2) is 7.59. The molecule has 22 heavy (non-hydrogen) atoms. The van der Waals surface area contributed by atoms with Crippen molar-refractivity contribution in [2.24, 2.45) is 5.16 Å². The summed E-state index contributed by atoms with van der Waals surface area (Å²) in [6.07, 6.45) is 2.13. The molecule has 2 amide bonds. The Morgan fingerprint density at radius 2 is 1.82 bits per heavy atom. The summed E-state index contributed by atoms with van der Waals surface area (Å²) in [6, 6.07) is 7.28. The lowest BCUT2D eigenvalue weighted by atomic mass is 10.1. The molecule has 1 aromatic carbocycles. The number of nitrogens with one attached hydrogen (secondary N) is 1. The summed E-state index contributed by atoms with van der Waals surface area (Å²) >= 11 is 0. The Bertz CT molecular complexity index is 561. The van der Waals surface area contributed by atoms with Crippen molar-refractivity contribution >= 4 is 23.2 Å². The first-order chi connectivity index (χ1) is 10.6. The Morgan fingerprint density at radius 3 is 2.41 bits per heavy atom. The molecule has 1 saturated heterocycles. The van der Waals surface area contributed by atoms with Crippen LogP contribution in [0.4, 0.5) is 5.69 Å². The second-order valence-corrected chi connectivity index (χ2v) is 5.30. The molecule has 6 nitrogen and oxygen atoms in total. The fraction of sp³-hybridized carbons (Fsp3) is 0.438. The first-order valence-corrected chi connectivity index (χ1v) is 7.38. The minimum absolute atomic E-state index is 0.0185. The number of anilines is 1. The van der Waals surface area contributed by atoms with Gasteiger partial charge in [-0.3, -0.25) is 9.59 Å². The van der Waals surface area contributed by atoms with E-state index in [4.69, 9.17) is 4.84 Å². The maximum absolute atomic E-state index is 11.8. The van der Waals surface area contributed by atoms with Crippen molar-refractivity contribution in [3.63, 3.8) is 0 Å². The molecule has 0 aliphatic carbocycles. The van der Waals surface area contributed by atoms with E-state index < -0.39 is 0 Å². The summed E-state index contributed by atoms with van der Waals surface area (Å²) in [5.41, 5.74) is 2.29. The monoisotopic (exact) mass is 303 g/mol. The maximum atomic E-state index is 11.8. The van der Waals surface area contributed by atoms with Crippen LogP contribution in [-0.4, -0.2) is 42.1 Å². The zero-order valence-corrected chi connectivity index (χ0v) is 13.0. The molecule has 0 bridgehead atoms. The minimum Gasteiger partial charge on any atom is -0.385 e. The van der Waals surface area contributed by atoms with E-state index in [1.54, 1.807) is 17.0 Å². The number of nitrogens with zero attached hydrogens (tertiary/aromatic N) is 2. The van der Waals surface area contributed by atoms with Crippen LogP contribution in [-0.2, 0) is 14.4 Å². The first-order valence-electron chi connectivity index (χ1n) is 7.38. The lowest BCUT2D eigenvalue weighted by Gasteiger charge is -2.13. The van der Waals surface area contributed by atoms with E-state index >= 15 is 0 Å². The van der Waals surface area contributed by atoms with Crippen LogP contribution < -0.4 is 5.32 Å². The molecule has 0 atom stereocenters. The van der Waals surface area contributed by atoms with Crippen molar-refractivity contribution in [2.75, 3.05) is 25.0 Å². The number of rotatable bonds is 5. The highest BCUT2D eigenvalue weighted by atomic mass is 16.6. The van der Waals surface area contributed by atoms with Gasteiger partial charge in [-0.1, -0.05) is 17.3 Å². The summed E-state index contributed by atoms with van der Waals surface area (Å²) < 4.78 is 0. The Balaban J connectivity index is 1.85. The lowest BCUT2D eigenvalue weighted by molar-refractivity contribution is -0.135.